The first-order valence-electron chi connectivity index (χ1n) is 9.68. The van der Waals surface area contributed by atoms with Gasteiger partial charge in [-0.1, -0.05) is 0 Å². The first-order chi connectivity index (χ1) is 15.2. The molecule has 0 aliphatic heterocycles. The molecule has 10 heteroatoms. The quantitative estimate of drug-likeness (QED) is 0.518. The standard InChI is InChI=1S/C22H18F3N5O2/c1-12-3-4-14(8-26-12)17-7-16-20(28-11-30(21(16)32)13(2)10-31)19(29-17)15-5-6-18(27-9-15)22(23,24)25/h3-9,11,13,31H,10H2,1-2H3/t13-/m0/s1. The van der Waals surface area contributed by atoms with Gasteiger partial charge in [0.25, 0.3) is 5.56 Å². The number of nitrogens with zero attached hydrogens (tertiary/aromatic N) is 5. The number of hydrogen-bond acceptors (Lipinski definition) is 6. The van der Waals surface area contributed by atoms with Gasteiger partial charge in [-0.15, -0.1) is 0 Å². The van der Waals surface area contributed by atoms with Crippen molar-refractivity contribution in [3.05, 3.63) is 70.8 Å². The van der Waals surface area contributed by atoms with Gasteiger partial charge in [-0.05, 0) is 44.2 Å². The van der Waals surface area contributed by atoms with E-state index in [1.54, 1.807) is 31.3 Å². The highest BCUT2D eigenvalue weighted by Gasteiger charge is 2.32. The van der Waals surface area contributed by atoms with E-state index in [0.29, 0.717) is 11.3 Å². The smallest absolute Gasteiger partial charge is 0.394 e. The highest BCUT2D eigenvalue weighted by Crippen LogP contribution is 2.31. The third-order valence-corrected chi connectivity index (χ3v) is 5.04. The van der Waals surface area contributed by atoms with E-state index in [4.69, 9.17) is 0 Å². The lowest BCUT2D eigenvalue weighted by atomic mass is 10.1. The van der Waals surface area contributed by atoms with Crippen LogP contribution in [0.4, 0.5) is 13.2 Å². The molecule has 0 saturated carbocycles. The van der Waals surface area contributed by atoms with Gasteiger partial charge in [0.15, 0.2) is 0 Å². The summed E-state index contributed by atoms with van der Waals surface area (Å²) in [6, 6.07) is 6.75. The van der Waals surface area contributed by atoms with Gasteiger partial charge in [-0.2, -0.15) is 13.2 Å². The van der Waals surface area contributed by atoms with Gasteiger partial charge in [0.05, 0.1) is 35.8 Å². The van der Waals surface area contributed by atoms with Crippen LogP contribution >= 0.6 is 0 Å². The fraction of sp³-hybridized carbons (Fsp3) is 0.227. The zero-order valence-electron chi connectivity index (χ0n) is 17.1. The third-order valence-electron chi connectivity index (χ3n) is 5.04. The second-order valence-corrected chi connectivity index (χ2v) is 7.36. The van der Waals surface area contributed by atoms with Crippen LogP contribution in [0.1, 0.15) is 24.4 Å². The number of pyridine rings is 3. The lowest BCUT2D eigenvalue weighted by Gasteiger charge is -2.15. The molecule has 4 aromatic rings. The maximum atomic E-state index is 13.1. The van der Waals surface area contributed by atoms with Crippen molar-refractivity contribution >= 4 is 10.9 Å². The van der Waals surface area contributed by atoms with Gasteiger partial charge >= 0.3 is 6.18 Å². The molecule has 0 fully saturated rings. The van der Waals surface area contributed by atoms with E-state index in [9.17, 15) is 23.1 Å². The summed E-state index contributed by atoms with van der Waals surface area (Å²) >= 11 is 0. The van der Waals surface area contributed by atoms with Gasteiger partial charge in [0.1, 0.15) is 11.2 Å². The number of fused-ring (bicyclic) bond motifs is 1. The minimum absolute atomic E-state index is 0.216. The molecule has 0 aromatic carbocycles. The van der Waals surface area contributed by atoms with Gasteiger partial charge < -0.3 is 5.11 Å². The minimum atomic E-state index is -4.57. The lowest BCUT2D eigenvalue weighted by Crippen LogP contribution is -2.25. The van der Waals surface area contributed by atoms with Crippen LogP contribution in [0.5, 0.6) is 0 Å². The third kappa shape index (κ3) is 3.96. The second kappa shape index (κ2) is 8.12. The van der Waals surface area contributed by atoms with Crippen molar-refractivity contribution in [2.45, 2.75) is 26.1 Å². The van der Waals surface area contributed by atoms with Crippen molar-refractivity contribution in [3.8, 4) is 22.5 Å². The van der Waals surface area contributed by atoms with Crippen LogP contribution < -0.4 is 5.56 Å². The summed E-state index contributed by atoms with van der Waals surface area (Å²) in [4.78, 5) is 29.8. The maximum absolute atomic E-state index is 13.1. The Kier molecular flexibility index (Phi) is 5.47. The minimum Gasteiger partial charge on any atom is -0.394 e. The highest BCUT2D eigenvalue weighted by molar-refractivity contribution is 5.93. The molecule has 0 amide bonds. The van der Waals surface area contributed by atoms with Crippen molar-refractivity contribution in [2.75, 3.05) is 6.61 Å². The van der Waals surface area contributed by atoms with E-state index >= 15 is 0 Å². The maximum Gasteiger partial charge on any atom is 0.433 e. The second-order valence-electron chi connectivity index (χ2n) is 7.36. The Hall–Kier alpha value is -3.66. The average molecular weight is 441 g/mol. The number of aliphatic hydroxyl groups excluding tert-OH is 1. The molecule has 0 aliphatic rings. The molecule has 164 valence electrons. The van der Waals surface area contributed by atoms with Crippen LogP contribution in [0, 0.1) is 6.92 Å². The van der Waals surface area contributed by atoms with Crippen molar-refractivity contribution in [2.24, 2.45) is 0 Å². The van der Waals surface area contributed by atoms with Gasteiger partial charge in [-0.3, -0.25) is 19.3 Å². The molecular weight excluding hydrogens is 423 g/mol. The molecule has 4 aromatic heterocycles. The predicted molar refractivity (Wildman–Crippen MR) is 112 cm³/mol. The summed E-state index contributed by atoms with van der Waals surface area (Å²) in [6.07, 6.45) is -0.619. The molecule has 4 rings (SSSR count). The summed E-state index contributed by atoms with van der Waals surface area (Å²) in [5.41, 5.74) is 1.13. The van der Waals surface area contributed by atoms with Crippen molar-refractivity contribution in [1.82, 2.24) is 24.5 Å². The van der Waals surface area contributed by atoms with E-state index in [0.717, 1.165) is 18.0 Å². The number of aliphatic hydroxyl groups is 1. The topological polar surface area (TPSA) is 93.8 Å². The monoisotopic (exact) mass is 441 g/mol. The summed E-state index contributed by atoms with van der Waals surface area (Å²) in [5.74, 6) is 0. The van der Waals surface area contributed by atoms with Crippen molar-refractivity contribution < 1.29 is 18.3 Å². The van der Waals surface area contributed by atoms with Crippen LogP contribution in [0.15, 0.2) is 53.8 Å². The Labute approximate surface area is 180 Å². The Morgan fingerprint density at radius 1 is 1.06 bits per heavy atom. The van der Waals surface area contributed by atoms with Crippen LogP contribution in [0.3, 0.4) is 0 Å². The number of rotatable bonds is 4. The molecule has 7 nitrogen and oxygen atoms in total. The lowest BCUT2D eigenvalue weighted by molar-refractivity contribution is -0.141. The SMILES string of the molecule is Cc1ccc(-c2cc3c(=O)n([C@@H](C)CO)cnc3c(-c3ccc(C(F)(F)F)nc3)n2)cn1. The van der Waals surface area contributed by atoms with E-state index in [-0.39, 0.29) is 28.8 Å². The number of halogens is 3. The zero-order chi connectivity index (χ0) is 23.0. The van der Waals surface area contributed by atoms with Crippen LogP contribution in [-0.2, 0) is 6.18 Å². The molecule has 0 saturated heterocycles. The predicted octanol–water partition coefficient (Wildman–Crippen LogP) is 3.80. The molecular formula is C22H18F3N5O2. The molecule has 0 spiro atoms. The van der Waals surface area contributed by atoms with Crippen LogP contribution in [0.25, 0.3) is 33.4 Å². The van der Waals surface area contributed by atoms with Crippen molar-refractivity contribution in [1.29, 1.82) is 0 Å². The van der Waals surface area contributed by atoms with E-state index in [2.05, 4.69) is 19.9 Å². The number of alkyl halides is 3. The molecule has 0 unspecified atom stereocenters. The molecule has 0 bridgehead atoms. The van der Waals surface area contributed by atoms with Crippen molar-refractivity contribution in [3.63, 3.8) is 0 Å². The fourth-order valence-electron chi connectivity index (χ4n) is 3.22. The molecule has 0 aliphatic carbocycles. The fourth-order valence-corrected chi connectivity index (χ4v) is 3.22. The Morgan fingerprint density at radius 2 is 1.78 bits per heavy atom. The van der Waals surface area contributed by atoms with Gasteiger partial charge in [0.2, 0.25) is 0 Å². The average Bonchev–Trinajstić information content (AvgIpc) is 2.78. The van der Waals surface area contributed by atoms with Crippen LogP contribution in [-0.4, -0.2) is 36.2 Å². The normalized spacial score (nSPS) is 12.8. The number of aromatic nitrogens is 5. The van der Waals surface area contributed by atoms with Gasteiger partial charge in [0, 0.05) is 29.2 Å². The summed E-state index contributed by atoms with van der Waals surface area (Å²) in [6.45, 7) is 3.24. The van der Waals surface area contributed by atoms with E-state index in [1.807, 2.05) is 6.92 Å². The number of aryl methyl sites for hydroxylation is 1. The largest absolute Gasteiger partial charge is 0.433 e. The Morgan fingerprint density at radius 3 is 2.38 bits per heavy atom. The van der Waals surface area contributed by atoms with Crippen LogP contribution in [0.2, 0.25) is 0 Å². The summed E-state index contributed by atoms with van der Waals surface area (Å²) in [7, 11) is 0. The van der Waals surface area contributed by atoms with E-state index in [1.165, 1.54) is 17.0 Å². The first-order valence-corrected chi connectivity index (χ1v) is 9.68. The molecule has 4 heterocycles. The molecule has 32 heavy (non-hydrogen) atoms. The highest BCUT2D eigenvalue weighted by atomic mass is 19.4. The Bertz CT molecular complexity index is 1330. The summed E-state index contributed by atoms with van der Waals surface area (Å²) < 4.78 is 40.1. The van der Waals surface area contributed by atoms with Gasteiger partial charge in [-0.25, -0.2) is 9.97 Å². The molecule has 1 atom stereocenters. The zero-order valence-corrected chi connectivity index (χ0v) is 17.1. The van der Waals surface area contributed by atoms with E-state index < -0.39 is 23.5 Å². The molecule has 0 radical (unpaired) electrons. The number of hydrogen-bond donors (Lipinski definition) is 1. The summed E-state index contributed by atoms with van der Waals surface area (Å²) in [5, 5.41) is 9.68. The molecule has 1 N–H and O–H groups in total. The first kappa shape index (κ1) is 21.6. The Balaban J connectivity index is 1.99.